The summed E-state index contributed by atoms with van der Waals surface area (Å²) in [7, 11) is 0. The number of hydrogen-bond acceptors (Lipinski definition) is 4. The van der Waals surface area contributed by atoms with Gasteiger partial charge in [0.2, 0.25) is 0 Å². The van der Waals surface area contributed by atoms with Crippen LogP contribution in [0.4, 0.5) is 0 Å². The number of aliphatic hydroxyl groups is 2. The first-order valence-corrected chi connectivity index (χ1v) is 9.14. The summed E-state index contributed by atoms with van der Waals surface area (Å²) >= 11 is 18.3. The van der Waals surface area contributed by atoms with E-state index in [4.69, 9.17) is 34.8 Å². The monoisotopic (exact) mass is 428 g/mol. The molecule has 3 N–H and O–H groups in total. The number of carbonyl (C=O) groups is 1. The molecule has 9 heteroatoms. The average Bonchev–Trinajstić information content (AvgIpc) is 2.99. The Morgan fingerprint density at radius 2 is 1.89 bits per heavy atom. The Balaban J connectivity index is 2.26. The van der Waals surface area contributed by atoms with Crippen LogP contribution in [0.5, 0.6) is 0 Å². The van der Waals surface area contributed by atoms with Crippen LogP contribution in [0.3, 0.4) is 0 Å². The highest BCUT2D eigenvalue weighted by Gasteiger charge is 2.25. The Morgan fingerprint density at radius 3 is 2.52 bits per heavy atom. The minimum absolute atomic E-state index is 0.000456. The predicted octanol–water partition coefficient (Wildman–Crippen LogP) is 4.16. The second-order valence-electron chi connectivity index (χ2n) is 5.86. The summed E-state index contributed by atoms with van der Waals surface area (Å²) in [5, 5.41) is 30.6. The van der Waals surface area contributed by atoms with Crippen molar-refractivity contribution in [1.29, 1.82) is 0 Å². The number of aliphatic hydroxyl groups excluding tert-OH is 2. The summed E-state index contributed by atoms with van der Waals surface area (Å²) < 4.78 is 1.55. The number of imidazole rings is 1. The maximum atomic E-state index is 11.7. The molecule has 3 rings (SSSR count). The number of aryl methyl sites for hydroxylation is 1. The van der Waals surface area contributed by atoms with Gasteiger partial charge < -0.3 is 19.9 Å². The lowest BCUT2D eigenvalue weighted by molar-refractivity contribution is 0.0698. The molecule has 0 saturated carbocycles. The Bertz CT molecular complexity index is 1020. The molecule has 0 spiro atoms. The van der Waals surface area contributed by atoms with Gasteiger partial charge in [-0.05, 0) is 30.7 Å². The van der Waals surface area contributed by atoms with E-state index in [1.54, 1.807) is 16.7 Å². The lowest BCUT2D eigenvalue weighted by atomic mass is 10.1. The zero-order valence-electron chi connectivity index (χ0n) is 13.9. The average molecular weight is 430 g/mol. The predicted molar refractivity (Wildman–Crippen MR) is 104 cm³/mol. The molecular weight excluding hydrogens is 415 g/mol. The fourth-order valence-electron chi connectivity index (χ4n) is 2.92. The summed E-state index contributed by atoms with van der Waals surface area (Å²) in [4.78, 5) is 16.1. The molecule has 0 radical (unpaired) electrons. The second-order valence-corrected chi connectivity index (χ2v) is 7.12. The van der Waals surface area contributed by atoms with Crippen LogP contribution in [-0.4, -0.2) is 37.4 Å². The first kappa shape index (κ1) is 19.9. The number of aromatic carboxylic acids is 1. The van der Waals surface area contributed by atoms with E-state index in [-0.39, 0.29) is 45.6 Å². The first-order chi connectivity index (χ1) is 12.8. The van der Waals surface area contributed by atoms with Gasteiger partial charge in [-0.1, -0.05) is 40.9 Å². The summed E-state index contributed by atoms with van der Waals surface area (Å²) in [5.41, 5.74) is 0.909. The zero-order valence-corrected chi connectivity index (χ0v) is 16.1. The van der Waals surface area contributed by atoms with E-state index in [9.17, 15) is 20.1 Å². The number of benzene rings is 2. The van der Waals surface area contributed by atoms with Crippen molar-refractivity contribution >= 4 is 51.8 Å². The number of carboxylic acids is 1. The summed E-state index contributed by atoms with van der Waals surface area (Å²) in [6.07, 6.45) is -0.899. The summed E-state index contributed by atoms with van der Waals surface area (Å²) in [6, 6.07) is 7.49. The Hall–Kier alpha value is -1.83. The third kappa shape index (κ3) is 3.77. The molecule has 27 heavy (non-hydrogen) atoms. The minimum atomic E-state index is -1.24. The number of aromatic nitrogens is 2. The van der Waals surface area contributed by atoms with E-state index in [2.05, 4.69) is 4.98 Å². The Kier molecular flexibility index (Phi) is 5.93. The number of hydrogen-bond donors (Lipinski definition) is 3. The quantitative estimate of drug-likeness (QED) is 0.547. The Morgan fingerprint density at radius 1 is 1.15 bits per heavy atom. The SMILES string of the molecule is O=C(O)c1ccc(Cl)c2nc(C(O)c3ccc(Cl)cc3Cl)n(CCCO)c12. The molecule has 0 aliphatic carbocycles. The normalized spacial score (nSPS) is 12.5. The van der Waals surface area contributed by atoms with Crippen molar-refractivity contribution in [2.45, 2.75) is 19.1 Å². The van der Waals surface area contributed by atoms with Crippen molar-refractivity contribution < 1.29 is 20.1 Å². The molecule has 6 nitrogen and oxygen atoms in total. The van der Waals surface area contributed by atoms with Gasteiger partial charge in [-0.25, -0.2) is 9.78 Å². The van der Waals surface area contributed by atoms with Crippen LogP contribution in [-0.2, 0) is 6.54 Å². The van der Waals surface area contributed by atoms with Crippen LogP contribution >= 0.6 is 34.8 Å². The molecule has 1 atom stereocenters. The maximum Gasteiger partial charge on any atom is 0.337 e. The van der Waals surface area contributed by atoms with Gasteiger partial charge in [0.1, 0.15) is 17.4 Å². The van der Waals surface area contributed by atoms with E-state index in [0.29, 0.717) is 17.0 Å². The van der Waals surface area contributed by atoms with Gasteiger partial charge in [0.25, 0.3) is 0 Å². The van der Waals surface area contributed by atoms with E-state index in [1.807, 2.05) is 0 Å². The van der Waals surface area contributed by atoms with Crippen molar-refractivity contribution in [3.63, 3.8) is 0 Å². The molecule has 0 bridgehead atoms. The van der Waals surface area contributed by atoms with Crippen LogP contribution in [0.25, 0.3) is 11.0 Å². The fraction of sp³-hybridized carbons (Fsp3) is 0.222. The number of carboxylic acid groups (broad SMARTS) is 1. The Labute approximate surface area is 169 Å². The van der Waals surface area contributed by atoms with Gasteiger partial charge in [-0.3, -0.25) is 0 Å². The fourth-order valence-corrected chi connectivity index (χ4v) is 3.63. The lowest BCUT2D eigenvalue weighted by Crippen LogP contribution is -2.13. The summed E-state index contributed by atoms with van der Waals surface area (Å²) in [6.45, 7) is 0.130. The molecule has 0 aliphatic heterocycles. The minimum Gasteiger partial charge on any atom is -0.478 e. The van der Waals surface area contributed by atoms with Crippen LogP contribution in [0.2, 0.25) is 15.1 Å². The van der Waals surface area contributed by atoms with Crippen LogP contribution in [0.1, 0.15) is 34.3 Å². The highest BCUT2D eigenvalue weighted by atomic mass is 35.5. The molecule has 0 amide bonds. The number of fused-ring (bicyclic) bond motifs is 1. The molecule has 0 saturated heterocycles. The molecule has 3 aromatic rings. The second kappa shape index (κ2) is 8.04. The summed E-state index contributed by atoms with van der Waals surface area (Å²) in [5.74, 6) is -0.967. The lowest BCUT2D eigenvalue weighted by Gasteiger charge is -2.16. The van der Waals surface area contributed by atoms with Gasteiger partial charge in [0.05, 0.1) is 16.1 Å². The zero-order chi connectivity index (χ0) is 19.7. The first-order valence-electron chi connectivity index (χ1n) is 8.01. The molecule has 0 aliphatic rings. The smallest absolute Gasteiger partial charge is 0.337 e. The third-order valence-corrected chi connectivity index (χ3v) is 5.01. The number of nitrogens with zero attached hydrogens (tertiary/aromatic N) is 2. The van der Waals surface area contributed by atoms with Crippen molar-refractivity contribution in [3.8, 4) is 0 Å². The van der Waals surface area contributed by atoms with Gasteiger partial charge in [0, 0.05) is 28.8 Å². The number of rotatable bonds is 6. The molecule has 2 aromatic carbocycles. The van der Waals surface area contributed by atoms with Crippen LogP contribution in [0, 0.1) is 0 Å². The standard InChI is InChI=1S/C18H15Cl3N2O4/c19-9-2-3-10(13(21)8-9)16(25)17-22-14-12(20)5-4-11(18(26)27)15(14)23(17)6-1-7-24/h2-5,8,16,24-25H,1,6-7H2,(H,26,27). The van der Waals surface area contributed by atoms with E-state index in [0.717, 1.165) is 0 Å². The van der Waals surface area contributed by atoms with Crippen molar-refractivity contribution in [2.24, 2.45) is 0 Å². The van der Waals surface area contributed by atoms with Crippen molar-refractivity contribution in [2.75, 3.05) is 6.61 Å². The van der Waals surface area contributed by atoms with Crippen molar-refractivity contribution in [1.82, 2.24) is 9.55 Å². The van der Waals surface area contributed by atoms with Crippen molar-refractivity contribution in [3.05, 3.63) is 62.4 Å². The third-order valence-electron chi connectivity index (χ3n) is 4.15. The molecule has 1 unspecified atom stereocenters. The highest BCUT2D eigenvalue weighted by Crippen LogP contribution is 2.34. The van der Waals surface area contributed by atoms with Crippen LogP contribution in [0.15, 0.2) is 30.3 Å². The van der Waals surface area contributed by atoms with E-state index >= 15 is 0 Å². The van der Waals surface area contributed by atoms with Gasteiger partial charge in [0.15, 0.2) is 0 Å². The molecule has 1 heterocycles. The molecular formula is C18H15Cl3N2O4. The highest BCUT2D eigenvalue weighted by molar-refractivity contribution is 6.36. The van der Waals surface area contributed by atoms with E-state index < -0.39 is 12.1 Å². The number of halogens is 3. The maximum absolute atomic E-state index is 11.7. The largest absolute Gasteiger partial charge is 0.478 e. The van der Waals surface area contributed by atoms with Gasteiger partial charge in [-0.15, -0.1) is 0 Å². The van der Waals surface area contributed by atoms with E-state index in [1.165, 1.54) is 18.2 Å². The van der Waals surface area contributed by atoms with Gasteiger partial charge in [-0.2, -0.15) is 0 Å². The molecule has 1 aromatic heterocycles. The topological polar surface area (TPSA) is 95.6 Å². The molecule has 142 valence electrons. The van der Waals surface area contributed by atoms with Gasteiger partial charge >= 0.3 is 5.97 Å². The molecule has 0 fully saturated rings. The van der Waals surface area contributed by atoms with Crippen LogP contribution < -0.4 is 0 Å².